The Kier molecular flexibility index (Phi) is 6.19. The van der Waals surface area contributed by atoms with E-state index in [1.165, 1.54) is 0 Å². The summed E-state index contributed by atoms with van der Waals surface area (Å²) < 4.78 is 0. The monoisotopic (exact) mass is 328 g/mol. The molecule has 0 atom stereocenters. The molecule has 118 valence electrons. The molecule has 2 aromatic rings. The molecule has 0 heterocycles. The minimum Gasteiger partial charge on any atom is -0.288 e. The van der Waals surface area contributed by atoms with Crippen molar-refractivity contribution in [3.8, 4) is 12.3 Å². The molecule has 0 bridgehead atoms. The Morgan fingerprint density at radius 1 is 1.09 bits per heavy atom. The second kappa shape index (κ2) is 8.35. The molecular weight excluding hydrogens is 312 g/mol. The van der Waals surface area contributed by atoms with Crippen molar-refractivity contribution in [1.29, 1.82) is 0 Å². The molecular formula is C18H17ClN2O2. The summed E-state index contributed by atoms with van der Waals surface area (Å²) in [4.78, 5) is 13.4. The van der Waals surface area contributed by atoms with Crippen LogP contribution in [0.15, 0.2) is 48.5 Å². The lowest BCUT2D eigenvalue weighted by atomic mass is 10.1. The van der Waals surface area contributed by atoms with Crippen LogP contribution in [0.2, 0.25) is 5.02 Å². The zero-order valence-electron chi connectivity index (χ0n) is 12.5. The van der Waals surface area contributed by atoms with E-state index in [1.54, 1.807) is 17.6 Å². The minimum atomic E-state index is -0.529. The van der Waals surface area contributed by atoms with Gasteiger partial charge in [0.1, 0.15) is 0 Å². The number of nitrogens with one attached hydrogen (secondary N) is 1. The smallest absolute Gasteiger partial charge is 0.274 e. The highest BCUT2D eigenvalue weighted by Gasteiger charge is 2.08. The topological polar surface area (TPSA) is 52.6 Å². The van der Waals surface area contributed by atoms with Crippen molar-refractivity contribution in [3.05, 3.63) is 70.2 Å². The van der Waals surface area contributed by atoms with E-state index in [-0.39, 0.29) is 0 Å². The van der Waals surface area contributed by atoms with Crippen molar-refractivity contribution < 1.29 is 10.0 Å². The van der Waals surface area contributed by atoms with Crippen LogP contribution in [0.25, 0.3) is 0 Å². The molecule has 2 rings (SSSR count). The molecule has 2 N–H and O–H groups in total. The van der Waals surface area contributed by atoms with E-state index >= 15 is 0 Å². The van der Waals surface area contributed by atoms with Crippen LogP contribution in [0.4, 0.5) is 0 Å². The van der Waals surface area contributed by atoms with E-state index in [4.69, 9.17) is 23.2 Å². The number of amides is 1. The Morgan fingerprint density at radius 3 is 2.09 bits per heavy atom. The van der Waals surface area contributed by atoms with Crippen LogP contribution < -0.4 is 5.48 Å². The molecule has 0 spiro atoms. The quantitative estimate of drug-likeness (QED) is 0.487. The summed E-state index contributed by atoms with van der Waals surface area (Å²) in [7, 11) is 0. The van der Waals surface area contributed by atoms with Gasteiger partial charge in [-0.15, -0.1) is 6.42 Å². The van der Waals surface area contributed by atoms with Gasteiger partial charge < -0.3 is 0 Å². The molecule has 0 fully saturated rings. The number of hydroxylamine groups is 1. The maximum Gasteiger partial charge on any atom is 0.274 e. The number of carbonyl (C=O) groups excluding carboxylic acids is 1. The van der Waals surface area contributed by atoms with E-state index in [0.29, 0.717) is 30.2 Å². The molecule has 0 saturated heterocycles. The van der Waals surface area contributed by atoms with Crippen molar-refractivity contribution >= 4 is 17.5 Å². The van der Waals surface area contributed by atoms with Gasteiger partial charge in [0.05, 0.1) is 6.54 Å². The first-order valence-corrected chi connectivity index (χ1v) is 7.44. The summed E-state index contributed by atoms with van der Waals surface area (Å²) in [6, 6.07) is 14.7. The lowest BCUT2D eigenvalue weighted by Gasteiger charge is -2.20. The highest BCUT2D eigenvalue weighted by atomic mass is 35.5. The lowest BCUT2D eigenvalue weighted by Crippen LogP contribution is -2.23. The number of halogens is 1. The molecule has 0 aliphatic carbocycles. The molecule has 1 amide bonds. The number of hydrogen-bond donors (Lipinski definition) is 2. The molecule has 0 radical (unpaired) electrons. The van der Waals surface area contributed by atoms with Crippen LogP contribution >= 0.6 is 11.6 Å². The third kappa shape index (κ3) is 5.11. The highest BCUT2D eigenvalue weighted by molar-refractivity contribution is 6.30. The van der Waals surface area contributed by atoms with Crippen molar-refractivity contribution in [1.82, 2.24) is 10.4 Å². The van der Waals surface area contributed by atoms with Crippen LogP contribution in [-0.4, -0.2) is 22.6 Å². The van der Waals surface area contributed by atoms with Crippen LogP contribution in [0.5, 0.6) is 0 Å². The molecule has 0 unspecified atom stereocenters. The Balaban J connectivity index is 2.05. The largest absolute Gasteiger partial charge is 0.288 e. The van der Waals surface area contributed by atoms with Crippen LogP contribution in [0.1, 0.15) is 21.5 Å². The fraction of sp³-hybridized carbons (Fsp3) is 0.167. The van der Waals surface area contributed by atoms with Gasteiger partial charge in [-0.05, 0) is 35.4 Å². The van der Waals surface area contributed by atoms with Crippen molar-refractivity contribution in [2.45, 2.75) is 13.1 Å². The molecule has 0 aromatic heterocycles. The van der Waals surface area contributed by atoms with E-state index in [0.717, 1.165) is 11.1 Å². The zero-order chi connectivity index (χ0) is 16.7. The third-order valence-corrected chi connectivity index (χ3v) is 3.61. The molecule has 2 aromatic carbocycles. The van der Waals surface area contributed by atoms with Gasteiger partial charge in [0.15, 0.2) is 0 Å². The number of hydrogen-bond acceptors (Lipinski definition) is 3. The Bertz CT molecular complexity index is 690. The Morgan fingerprint density at radius 2 is 1.61 bits per heavy atom. The SMILES string of the molecule is C#CCN(Cc1ccc(Cl)cc1)Cc1ccc(C(=O)NO)cc1. The summed E-state index contributed by atoms with van der Waals surface area (Å²) in [6.07, 6.45) is 5.45. The van der Waals surface area contributed by atoms with Gasteiger partial charge in [0, 0.05) is 23.7 Å². The third-order valence-electron chi connectivity index (χ3n) is 3.36. The lowest BCUT2D eigenvalue weighted by molar-refractivity contribution is 0.0706. The van der Waals surface area contributed by atoms with Crippen molar-refractivity contribution in [2.24, 2.45) is 0 Å². The number of carbonyl (C=O) groups is 1. The molecule has 0 aliphatic rings. The van der Waals surface area contributed by atoms with E-state index in [1.807, 2.05) is 36.4 Å². The fourth-order valence-electron chi connectivity index (χ4n) is 2.23. The predicted octanol–water partition coefficient (Wildman–Crippen LogP) is 3.09. The van der Waals surface area contributed by atoms with Gasteiger partial charge in [0.2, 0.25) is 0 Å². The normalized spacial score (nSPS) is 10.3. The van der Waals surface area contributed by atoms with Crippen molar-refractivity contribution in [2.75, 3.05) is 6.54 Å². The molecule has 0 saturated carbocycles. The molecule has 0 aliphatic heterocycles. The molecule has 4 nitrogen and oxygen atoms in total. The predicted molar refractivity (Wildman–Crippen MR) is 90.1 cm³/mol. The van der Waals surface area contributed by atoms with E-state index in [9.17, 15) is 4.79 Å². The fourth-order valence-corrected chi connectivity index (χ4v) is 2.36. The van der Waals surface area contributed by atoms with E-state index in [2.05, 4.69) is 10.8 Å². The minimum absolute atomic E-state index is 0.400. The van der Waals surface area contributed by atoms with Gasteiger partial charge >= 0.3 is 0 Å². The first-order valence-electron chi connectivity index (χ1n) is 7.06. The molecule has 5 heteroatoms. The van der Waals surface area contributed by atoms with Gasteiger partial charge in [-0.25, -0.2) is 5.48 Å². The maximum atomic E-state index is 11.3. The van der Waals surface area contributed by atoms with Gasteiger partial charge in [-0.3, -0.25) is 14.9 Å². The van der Waals surface area contributed by atoms with Gasteiger partial charge in [0.25, 0.3) is 5.91 Å². The van der Waals surface area contributed by atoms with Crippen LogP contribution in [-0.2, 0) is 13.1 Å². The number of rotatable bonds is 6. The van der Waals surface area contributed by atoms with Gasteiger partial charge in [-0.1, -0.05) is 41.8 Å². The zero-order valence-corrected chi connectivity index (χ0v) is 13.3. The Hall–Kier alpha value is -2.32. The highest BCUT2D eigenvalue weighted by Crippen LogP contribution is 2.14. The number of terminal acetylenes is 1. The number of nitrogens with zero attached hydrogens (tertiary/aromatic N) is 1. The van der Waals surface area contributed by atoms with E-state index < -0.39 is 5.91 Å². The second-order valence-corrected chi connectivity index (χ2v) is 5.55. The summed E-state index contributed by atoms with van der Waals surface area (Å²) in [6.45, 7) is 1.88. The average molecular weight is 329 g/mol. The summed E-state index contributed by atoms with van der Waals surface area (Å²) in [5.74, 6) is 2.13. The van der Waals surface area contributed by atoms with Gasteiger partial charge in [-0.2, -0.15) is 0 Å². The molecule has 23 heavy (non-hydrogen) atoms. The summed E-state index contributed by atoms with van der Waals surface area (Å²) in [5.41, 5.74) is 4.17. The van der Waals surface area contributed by atoms with Crippen molar-refractivity contribution in [3.63, 3.8) is 0 Å². The summed E-state index contributed by atoms with van der Waals surface area (Å²) in [5, 5.41) is 9.32. The Labute approximate surface area is 140 Å². The average Bonchev–Trinajstić information content (AvgIpc) is 2.57. The number of benzene rings is 2. The van der Waals surface area contributed by atoms with Crippen LogP contribution in [0.3, 0.4) is 0 Å². The first kappa shape index (κ1) is 17.0. The maximum absolute atomic E-state index is 11.3. The van der Waals surface area contributed by atoms with Crippen LogP contribution in [0, 0.1) is 12.3 Å². The summed E-state index contributed by atoms with van der Waals surface area (Å²) >= 11 is 5.90. The first-order chi connectivity index (χ1) is 11.1. The second-order valence-electron chi connectivity index (χ2n) is 5.11. The standard InChI is InChI=1S/C18H17ClN2O2/c1-2-11-21(13-15-5-9-17(19)10-6-15)12-14-3-7-16(8-4-14)18(22)20-23/h1,3-10,23H,11-13H2,(H,20,22).